The summed E-state index contributed by atoms with van der Waals surface area (Å²) in [6.07, 6.45) is 5.11. The highest BCUT2D eigenvalue weighted by molar-refractivity contribution is 7.89. The summed E-state index contributed by atoms with van der Waals surface area (Å²) in [5.74, 6) is 0.554. The van der Waals surface area contributed by atoms with Crippen LogP contribution < -0.4 is 4.72 Å². The molecule has 1 atom stereocenters. The normalized spacial score (nSPS) is 13.6. The van der Waals surface area contributed by atoms with Crippen molar-refractivity contribution in [3.8, 4) is 0 Å². The molecule has 2 aromatic heterocycles. The Morgan fingerprint density at radius 2 is 2.26 bits per heavy atom. The van der Waals surface area contributed by atoms with E-state index in [2.05, 4.69) is 19.7 Å². The third-order valence-corrected chi connectivity index (χ3v) is 4.60. The summed E-state index contributed by atoms with van der Waals surface area (Å²) in [6.45, 7) is 1.86. The van der Waals surface area contributed by atoms with Gasteiger partial charge in [-0.3, -0.25) is 0 Å². The molecule has 2 aromatic rings. The molecule has 0 aliphatic heterocycles. The number of imidazole rings is 2. The number of hydrogen-bond acceptors (Lipinski definition) is 4. The summed E-state index contributed by atoms with van der Waals surface area (Å²) in [5, 5.41) is -0.108. The summed E-state index contributed by atoms with van der Waals surface area (Å²) in [7, 11) is -2.16. The molecule has 2 N–H and O–H groups in total. The molecule has 0 aliphatic rings. The Bertz CT molecular complexity index is 650. The van der Waals surface area contributed by atoms with Crippen molar-refractivity contribution in [3.63, 3.8) is 0 Å². The highest BCUT2D eigenvalue weighted by atomic mass is 35.5. The number of hydrogen-bond donors (Lipinski definition) is 2. The van der Waals surface area contributed by atoms with Gasteiger partial charge in [-0.15, -0.1) is 0 Å². The minimum atomic E-state index is -3.78. The standard InChI is InChI=1S/C10H14ClN5O2S/c1-3-7(9-12-4-5-13-9)15-19(17,18)10-8(11)16(2)6-14-10/h4-7,15H,3H2,1-2H3,(H,12,13). The summed E-state index contributed by atoms with van der Waals surface area (Å²) >= 11 is 5.90. The van der Waals surface area contributed by atoms with Crippen LogP contribution in [0.5, 0.6) is 0 Å². The lowest BCUT2D eigenvalue weighted by Crippen LogP contribution is -2.29. The summed E-state index contributed by atoms with van der Waals surface area (Å²) in [6, 6.07) is -0.446. The number of sulfonamides is 1. The zero-order valence-electron chi connectivity index (χ0n) is 10.5. The third kappa shape index (κ3) is 2.80. The SMILES string of the molecule is CCC(NS(=O)(=O)c1ncn(C)c1Cl)c1ncc[nH]1. The van der Waals surface area contributed by atoms with Gasteiger partial charge in [0.05, 0.1) is 12.4 Å². The number of aromatic amines is 1. The molecule has 0 bridgehead atoms. The summed E-state index contributed by atoms with van der Waals surface area (Å²) < 4.78 is 28.4. The summed E-state index contributed by atoms with van der Waals surface area (Å²) in [4.78, 5) is 10.7. The largest absolute Gasteiger partial charge is 0.347 e. The number of nitrogens with zero attached hydrogens (tertiary/aromatic N) is 3. The first kappa shape index (κ1) is 14.0. The van der Waals surface area contributed by atoms with Crippen molar-refractivity contribution >= 4 is 21.6 Å². The Kier molecular flexibility index (Phi) is 3.93. The molecule has 0 fully saturated rings. The fourth-order valence-electron chi connectivity index (χ4n) is 1.62. The van der Waals surface area contributed by atoms with Gasteiger partial charge >= 0.3 is 0 Å². The van der Waals surface area contributed by atoms with Gasteiger partial charge in [0, 0.05) is 19.4 Å². The molecule has 9 heteroatoms. The number of aromatic nitrogens is 4. The van der Waals surface area contributed by atoms with E-state index in [1.54, 1.807) is 19.4 Å². The van der Waals surface area contributed by atoms with Crippen LogP contribution >= 0.6 is 11.6 Å². The average Bonchev–Trinajstić information content (AvgIpc) is 2.98. The van der Waals surface area contributed by atoms with Gasteiger partial charge in [0.1, 0.15) is 11.0 Å². The molecule has 2 heterocycles. The van der Waals surface area contributed by atoms with Crippen molar-refractivity contribution < 1.29 is 8.42 Å². The van der Waals surface area contributed by atoms with E-state index in [9.17, 15) is 8.42 Å². The highest BCUT2D eigenvalue weighted by Crippen LogP contribution is 2.21. The number of H-pyrrole nitrogens is 1. The Hall–Kier alpha value is -1.38. The van der Waals surface area contributed by atoms with Crippen molar-refractivity contribution in [1.82, 2.24) is 24.2 Å². The first-order valence-corrected chi connectivity index (χ1v) is 7.50. The van der Waals surface area contributed by atoms with Gasteiger partial charge in [-0.25, -0.2) is 18.4 Å². The zero-order valence-corrected chi connectivity index (χ0v) is 12.0. The molecule has 0 spiro atoms. The molecule has 7 nitrogen and oxygen atoms in total. The minimum absolute atomic E-state index is 0.0711. The van der Waals surface area contributed by atoms with E-state index in [1.807, 2.05) is 6.92 Å². The molecular formula is C10H14ClN5O2S. The molecule has 1 unspecified atom stereocenters. The Balaban J connectivity index is 2.28. The van der Waals surface area contributed by atoms with E-state index in [1.165, 1.54) is 10.9 Å². The maximum Gasteiger partial charge on any atom is 0.261 e. The lowest BCUT2D eigenvalue weighted by Gasteiger charge is -2.13. The molecule has 104 valence electrons. The molecule has 0 amide bonds. The fraction of sp³-hybridized carbons (Fsp3) is 0.400. The Morgan fingerprint density at radius 3 is 2.74 bits per heavy atom. The third-order valence-electron chi connectivity index (χ3n) is 2.64. The predicted octanol–water partition coefficient (Wildman–Crippen LogP) is 1.23. The van der Waals surface area contributed by atoms with Crippen molar-refractivity contribution in [3.05, 3.63) is 29.7 Å². The van der Waals surface area contributed by atoms with Crippen LogP contribution in [0.15, 0.2) is 23.7 Å². The fourth-order valence-corrected chi connectivity index (χ4v) is 3.33. The van der Waals surface area contributed by atoms with Crippen molar-refractivity contribution in [1.29, 1.82) is 0 Å². The molecular weight excluding hydrogens is 290 g/mol. The molecule has 19 heavy (non-hydrogen) atoms. The maximum atomic E-state index is 12.2. The van der Waals surface area contributed by atoms with Gasteiger partial charge in [0.2, 0.25) is 5.03 Å². The Morgan fingerprint density at radius 1 is 1.53 bits per heavy atom. The second kappa shape index (κ2) is 5.32. The van der Waals surface area contributed by atoms with Crippen LogP contribution in [0.25, 0.3) is 0 Å². The molecule has 0 aromatic carbocycles. The minimum Gasteiger partial charge on any atom is -0.347 e. The van der Waals surface area contributed by atoms with Crippen molar-refractivity contribution in [2.75, 3.05) is 0 Å². The number of rotatable bonds is 5. The number of nitrogens with one attached hydrogen (secondary N) is 2. The van der Waals surface area contributed by atoms with E-state index in [-0.39, 0.29) is 10.2 Å². The van der Waals surface area contributed by atoms with Crippen LogP contribution in [-0.4, -0.2) is 27.9 Å². The van der Waals surface area contributed by atoms with Gasteiger partial charge in [0.15, 0.2) is 0 Å². The van der Waals surface area contributed by atoms with Crippen molar-refractivity contribution in [2.45, 2.75) is 24.4 Å². The Labute approximate surface area is 116 Å². The van der Waals surface area contributed by atoms with Gasteiger partial charge in [-0.1, -0.05) is 18.5 Å². The van der Waals surface area contributed by atoms with Crippen LogP contribution in [0.1, 0.15) is 25.2 Å². The smallest absolute Gasteiger partial charge is 0.261 e. The first-order valence-electron chi connectivity index (χ1n) is 5.64. The topological polar surface area (TPSA) is 92.7 Å². The second-order valence-electron chi connectivity index (χ2n) is 4.01. The lowest BCUT2D eigenvalue weighted by molar-refractivity contribution is 0.537. The molecule has 0 aliphatic carbocycles. The van der Waals surface area contributed by atoms with E-state index in [0.717, 1.165) is 0 Å². The van der Waals surface area contributed by atoms with Crippen LogP contribution in [-0.2, 0) is 17.1 Å². The number of aryl methyl sites for hydroxylation is 1. The highest BCUT2D eigenvalue weighted by Gasteiger charge is 2.26. The lowest BCUT2D eigenvalue weighted by atomic mass is 10.2. The number of halogens is 1. The second-order valence-corrected chi connectivity index (χ2v) is 6.00. The molecule has 0 radical (unpaired) electrons. The van der Waals surface area contributed by atoms with E-state index >= 15 is 0 Å². The molecule has 0 saturated heterocycles. The van der Waals surface area contributed by atoms with Crippen molar-refractivity contribution in [2.24, 2.45) is 7.05 Å². The molecule has 2 rings (SSSR count). The van der Waals surface area contributed by atoms with Crippen LogP contribution in [0.4, 0.5) is 0 Å². The maximum absolute atomic E-state index is 12.2. The first-order chi connectivity index (χ1) is 8.95. The van der Waals surface area contributed by atoms with Gasteiger partial charge in [-0.2, -0.15) is 4.72 Å². The van der Waals surface area contributed by atoms with Crippen LogP contribution in [0.3, 0.4) is 0 Å². The van der Waals surface area contributed by atoms with Gasteiger partial charge < -0.3 is 9.55 Å². The monoisotopic (exact) mass is 303 g/mol. The quantitative estimate of drug-likeness (QED) is 0.868. The van der Waals surface area contributed by atoms with Gasteiger partial charge in [0.25, 0.3) is 10.0 Å². The predicted molar refractivity (Wildman–Crippen MR) is 70.2 cm³/mol. The van der Waals surface area contributed by atoms with Crippen LogP contribution in [0.2, 0.25) is 5.15 Å². The average molecular weight is 304 g/mol. The van der Waals surface area contributed by atoms with E-state index in [4.69, 9.17) is 11.6 Å². The zero-order chi connectivity index (χ0) is 14.0. The molecule has 0 saturated carbocycles. The van der Waals surface area contributed by atoms with Crippen LogP contribution in [0, 0.1) is 0 Å². The summed E-state index contributed by atoms with van der Waals surface area (Å²) in [5.41, 5.74) is 0. The van der Waals surface area contributed by atoms with E-state index < -0.39 is 16.1 Å². The van der Waals surface area contributed by atoms with E-state index in [0.29, 0.717) is 12.2 Å². The van der Waals surface area contributed by atoms with Gasteiger partial charge in [-0.05, 0) is 6.42 Å².